The summed E-state index contributed by atoms with van der Waals surface area (Å²) in [5.41, 5.74) is -0.502. The highest BCUT2D eigenvalue weighted by Gasteiger charge is 2.39. The van der Waals surface area contributed by atoms with Crippen LogP contribution in [0.4, 0.5) is 0 Å². The van der Waals surface area contributed by atoms with Crippen molar-refractivity contribution in [3.63, 3.8) is 0 Å². The average molecular weight is 284 g/mol. The summed E-state index contributed by atoms with van der Waals surface area (Å²) in [6.45, 7) is 3.56. The number of rotatable bonds is 5. The molecule has 0 aliphatic heterocycles. The average Bonchev–Trinajstić information content (AvgIpc) is 2.55. The van der Waals surface area contributed by atoms with E-state index in [0.29, 0.717) is 12.2 Å². The molecule has 0 radical (unpaired) electrons. The number of hydrogen-bond acceptors (Lipinski definition) is 3. The molecule has 0 fully saturated rings. The quantitative estimate of drug-likeness (QED) is 0.675. The molecule has 3 heteroatoms. The van der Waals surface area contributed by atoms with Crippen molar-refractivity contribution in [3.05, 3.63) is 66.2 Å². The van der Waals surface area contributed by atoms with E-state index in [2.05, 4.69) is 0 Å². The van der Waals surface area contributed by atoms with Gasteiger partial charge in [-0.2, -0.15) is 0 Å². The van der Waals surface area contributed by atoms with Crippen molar-refractivity contribution >= 4 is 5.97 Å². The Morgan fingerprint density at radius 2 is 1.62 bits per heavy atom. The molecule has 2 rings (SSSR count). The highest BCUT2D eigenvalue weighted by Crippen LogP contribution is 2.34. The summed E-state index contributed by atoms with van der Waals surface area (Å²) in [5.74, 6) is -0.611. The summed E-state index contributed by atoms with van der Waals surface area (Å²) in [4.78, 5) is 12.3. The molecular weight excluding hydrogens is 264 g/mol. The number of esters is 1. The van der Waals surface area contributed by atoms with Gasteiger partial charge in [-0.1, -0.05) is 55.5 Å². The summed E-state index contributed by atoms with van der Waals surface area (Å²) in [5, 5.41) is 10.9. The van der Waals surface area contributed by atoms with Crippen LogP contribution in [0.3, 0.4) is 0 Å². The summed E-state index contributed by atoms with van der Waals surface area (Å²) in [6.07, 6.45) is 0.433. The van der Waals surface area contributed by atoms with Gasteiger partial charge in [0.1, 0.15) is 11.4 Å². The van der Waals surface area contributed by atoms with Crippen LogP contribution < -0.4 is 4.74 Å². The second-order valence-corrected chi connectivity index (χ2v) is 5.10. The third kappa shape index (κ3) is 3.31. The lowest BCUT2D eigenvalue weighted by Crippen LogP contribution is -2.39. The molecule has 2 aromatic rings. The maximum Gasteiger partial charge on any atom is 0.317 e. The van der Waals surface area contributed by atoms with Crippen LogP contribution in [0, 0.1) is 5.92 Å². The van der Waals surface area contributed by atoms with Gasteiger partial charge in [-0.15, -0.1) is 0 Å². The smallest absolute Gasteiger partial charge is 0.317 e. The molecule has 0 spiro atoms. The third-order valence-corrected chi connectivity index (χ3v) is 3.84. The number of carbonyl (C=O) groups excluding carboxylic acids is 1. The van der Waals surface area contributed by atoms with Crippen LogP contribution in [0.15, 0.2) is 60.7 Å². The van der Waals surface area contributed by atoms with Crippen LogP contribution in [-0.2, 0) is 10.4 Å². The first-order valence-corrected chi connectivity index (χ1v) is 7.12. The highest BCUT2D eigenvalue weighted by atomic mass is 16.5. The molecule has 2 aromatic carbocycles. The van der Waals surface area contributed by atoms with E-state index in [1.807, 2.05) is 43.3 Å². The van der Waals surface area contributed by atoms with Crippen LogP contribution in [0.2, 0.25) is 0 Å². The van der Waals surface area contributed by atoms with Crippen LogP contribution in [-0.4, -0.2) is 11.1 Å². The molecule has 0 aromatic heterocycles. The highest BCUT2D eigenvalue weighted by molar-refractivity contribution is 5.76. The van der Waals surface area contributed by atoms with Gasteiger partial charge in [-0.05, 0) is 31.0 Å². The van der Waals surface area contributed by atoms with Gasteiger partial charge < -0.3 is 9.84 Å². The lowest BCUT2D eigenvalue weighted by molar-refractivity contribution is -0.149. The molecule has 0 unspecified atom stereocenters. The Morgan fingerprint density at radius 3 is 2.14 bits per heavy atom. The third-order valence-electron chi connectivity index (χ3n) is 3.84. The van der Waals surface area contributed by atoms with E-state index in [0.717, 1.165) is 5.56 Å². The molecule has 3 nitrogen and oxygen atoms in total. The Hall–Kier alpha value is -2.13. The van der Waals surface area contributed by atoms with E-state index in [9.17, 15) is 9.90 Å². The molecule has 0 amide bonds. The molecule has 0 saturated carbocycles. The van der Waals surface area contributed by atoms with Crippen LogP contribution in [0.1, 0.15) is 25.8 Å². The minimum atomic E-state index is -1.23. The standard InChI is InChI=1S/C18H20O3/c1-3-18(20,15-10-6-4-7-11-15)14(2)17(19)21-16-12-8-5-9-13-16/h4-14,20H,3H2,1-2H3/t14-,18+/m1/s1. The second kappa shape index (κ2) is 6.55. The number of aliphatic hydroxyl groups is 1. The van der Waals surface area contributed by atoms with Crippen LogP contribution in [0.5, 0.6) is 5.75 Å². The topological polar surface area (TPSA) is 46.5 Å². The minimum Gasteiger partial charge on any atom is -0.426 e. The number of ether oxygens (including phenoxy) is 1. The maximum absolute atomic E-state index is 12.3. The molecule has 0 bridgehead atoms. The number of benzene rings is 2. The molecule has 0 saturated heterocycles. The lowest BCUT2D eigenvalue weighted by atomic mass is 9.80. The molecule has 2 atom stereocenters. The Morgan fingerprint density at radius 1 is 1.10 bits per heavy atom. The van der Waals surface area contributed by atoms with Gasteiger partial charge in [-0.3, -0.25) is 4.79 Å². The van der Waals surface area contributed by atoms with Gasteiger partial charge in [0.05, 0.1) is 5.92 Å². The van der Waals surface area contributed by atoms with E-state index in [1.54, 1.807) is 31.2 Å². The largest absolute Gasteiger partial charge is 0.426 e. The molecule has 0 aliphatic carbocycles. The van der Waals surface area contributed by atoms with Crippen molar-refractivity contribution in [3.8, 4) is 5.75 Å². The van der Waals surface area contributed by atoms with Crippen molar-refractivity contribution in [2.75, 3.05) is 0 Å². The fourth-order valence-corrected chi connectivity index (χ4v) is 2.38. The zero-order chi connectivity index (χ0) is 15.3. The van der Waals surface area contributed by atoms with Gasteiger partial charge in [0, 0.05) is 0 Å². The molecule has 21 heavy (non-hydrogen) atoms. The summed E-state index contributed by atoms with van der Waals surface area (Å²) >= 11 is 0. The Kier molecular flexibility index (Phi) is 4.76. The molecule has 0 heterocycles. The summed E-state index contributed by atoms with van der Waals surface area (Å²) in [7, 11) is 0. The lowest BCUT2D eigenvalue weighted by Gasteiger charge is -2.32. The molecule has 0 aliphatic rings. The van der Waals surface area contributed by atoms with Crippen molar-refractivity contribution in [1.29, 1.82) is 0 Å². The van der Waals surface area contributed by atoms with Gasteiger partial charge in [0.15, 0.2) is 0 Å². The summed E-state index contributed by atoms with van der Waals surface area (Å²) in [6, 6.07) is 18.1. The first-order chi connectivity index (χ1) is 10.1. The van der Waals surface area contributed by atoms with E-state index in [-0.39, 0.29) is 0 Å². The number of hydrogen-bond donors (Lipinski definition) is 1. The first kappa shape index (κ1) is 15.3. The SMILES string of the molecule is CC[C@@](O)(c1ccccc1)[C@H](C)C(=O)Oc1ccccc1. The monoisotopic (exact) mass is 284 g/mol. The van der Waals surface area contributed by atoms with E-state index in [1.165, 1.54) is 0 Å². The van der Waals surface area contributed by atoms with Gasteiger partial charge in [0.2, 0.25) is 0 Å². The normalized spacial score (nSPS) is 15.0. The van der Waals surface area contributed by atoms with Crippen LogP contribution in [0.25, 0.3) is 0 Å². The minimum absolute atomic E-state index is 0.433. The van der Waals surface area contributed by atoms with E-state index < -0.39 is 17.5 Å². The fraction of sp³-hybridized carbons (Fsp3) is 0.278. The number of carbonyl (C=O) groups is 1. The fourth-order valence-electron chi connectivity index (χ4n) is 2.38. The molecule has 1 N–H and O–H groups in total. The molecular formula is C18H20O3. The zero-order valence-electron chi connectivity index (χ0n) is 12.3. The van der Waals surface area contributed by atoms with Gasteiger partial charge >= 0.3 is 5.97 Å². The summed E-state index contributed by atoms with van der Waals surface area (Å²) < 4.78 is 5.35. The van der Waals surface area contributed by atoms with E-state index in [4.69, 9.17) is 4.74 Å². The zero-order valence-corrected chi connectivity index (χ0v) is 12.3. The predicted octanol–water partition coefficient (Wildman–Crippen LogP) is 3.53. The Bertz CT molecular complexity index is 580. The maximum atomic E-state index is 12.3. The van der Waals surface area contributed by atoms with Crippen molar-refractivity contribution in [1.82, 2.24) is 0 Å². The number of para-hydroxylation sites is 1. The second-order valence-electron chi connectivity index (χ2n) is 5.10. The Labute approximate surface area is 125 Å². The Balaban J connectivity index is 2.20. The van der Waals surface area contributed by atoms with Crippen LogP contribution >= 0.6 is 0 Å². The van der Waals surface area contributed by atoms with Gasteiger partial charge in [-0.25, -0.2) is 0 Å². The van der Waals surface area contributed by atoms with Crippen molar-refractivity contribution in [2.45, 2.75) is 25.9 Å². The van der Waals surface area contributed by atoms with Crippen molar-refractivity contribution in [2.24, 2.45) is 5.92 Å². The van der Waals surface area contributed by atoms with Gasteiger partial charge in [0.25, 0.3) is 0 Å². The van der Waals surface area contributed by atoms with E-state index >= 15 is 0 Å². The van der Waals surface area contributed by atoms with Crippen molar-refractivity contribution < 1.29 is 14.6 Å². The predicted molar refractivity (Wildman–Crippen MR) is 81.9 cm³/mol. The first-order valence-electron chi connectivity index (χ1n) is 7.12. The molecule has 110 valence electrons.